The van der Waals surface area contributed by atoms with Crippen LogP contribution in [-0.2, 0) is 6.61 Å². The molecule has 0 unspecified atom stereocenters. The number of likely N-dealkylation sites (N-methyl/N-ethyl adjacent to an activating group) is 1. The Bertz CT molecular complexity index is 828. The van der Waals surface area contributed by atoms with E-state index in [0.29, 0.717) is 18.7 Å². The summed E-state index contributed by atoms with van der Waals surface area (Å²) in [5.74, 6) is 1.55. The van der Waals surface area contributed by atoms with Crippen molar-refractivity contribution in [3.05, 3.63) is 89.9 Å². The largest absolute Gasteiger partial charge is 0.489 e. The number of amides is 1. The van der Waals surface area contributed by atoms with Crippen molar-refractivity contribution >= 4 is 5.91 Å². The van der Waals surface area contributed by atoms with Gasteiger partial charge in [-0.1, -0.05) is 30.3 Å². The van der Waals surface area contributed by atoms with Gasteiger partial charge in [0, 0.05) is 12.1 Å². The zero-order chi connectivity index (χ0) is 19.1. The maximum atomic E-state index is 12.4. The SMILES string of the molecule is CN(C)[C@H](CNC(=O)c1ccc(COc2ccccc2)cc1)c1ccco1. The fraction of sp³-hybridized carbons (Fsp3) is 0.227. The fourth-order valence-electron chi connectivity index (χ4n) is 2.75. The quantitative estimate of drug-likeness (QED) is 0.659. The highest BCUT2D eigenvalue weighted by atomic mass is 16.5. The second-order valence-corrected chi connectivity index (χ2v) is 6.50. The smallest absolute Gasteiger partial charge is 0.251 e. The van der Waals surface area contributed by atoms with Gasteiger partial charge in [0.25, 0.3) is 5.91 Å². The molecular formula is C22H24N2O3. The molecule has 0 aliphatic carbocycles. The van der Waals surface area contributed by atoms with Gasteiger partial charge in [0.05, 0.1) is 12.3 Å². The van der Waals surface area contributed by atoms with Gasteiger partial charge in [0.1, 0.15) is 18.1 Å². The van der Waals surface area contributed by atoms with Crippen molar-refractivity contribution < 1.29 is 13.9 Å². The van der Waals surface area contributed by atoms with Crippen LogP contribution in [0.2, 0.25) is 0 Å². The van der Waals surface area contributed by atoms with E-state index in [1.165, 1.54) is 0 Å². The van der Waals surface area contributed by atoms with Crippen LogP contribution in [0, 0.1) is 0 Å². The summed E-state index contributed by atoms with van der Waals surface area (Å²) in [6, 6.07) is 20.9. The van der Waals surface area contributed by atoms with Crippen molar-refractivity contribution in [2.45, 2.75) is 12.6 Å². The molecule has 1 N–H and O–H groups in total. The molecule has 1 amide bonds. The number of benzene rings is 2. The Morgan fingerprint density at radius 1 is 1.04 bits per heavy atom. The third kappa shape index (κ3) is 5.21. The predicted molar refractivity (Wildman–Crippen MR) is 105 cm³/mol. The average Bonchev–Trinajstić information content (AvgIpc) is 3.22. The maximum Gasteiger partial charge on any atom is 0.251 e. The number of carbonyl (C=O) groups excluding carboxylic acids is 1. The molecule has 3 aromatic rings. The van der Waals surface area contributed by atoms with Gasteiger partial charge in [-0.2, -0.15) is 0 Å². The van der Waals surface area contributed by atoms with Gasteiger partial charge in [0.2, 0.25) is 0 Å². The van der Waals surface area contributed by atoms with Crippen molar-refractivity contribution in [2.24, 2.45) is 0 Å². The zero-order valence-electron chi connectivity index (χ0n) is 15.6. The van der Waals surface area contributed by atoms with E-state index in [0.717, 1.165) is 17.1 Å². The van der Waals surface area contributed by atoms with E-state index in [1.54, 1.807) is 6.26 Å². The molecule has 1 aromatic heterocycles. The number of nitrogens with zero attached hydrogens (tertiary/aromatic N) is 1. The molecule has 0 aliphatic heterocycles. The van der Waals surface area contributed by atoms with Gasteiger partial charge < -0.3 is 14.5 Å². The van der Waals surface area contributed by atoms with E-state index in [-0.39, 0.29) is 11.9 Å². The Morgan fingerprint density at radius 3 is 2.41 bits per heavy atom. The standard InChI is InChI=1S/C22H24N2O3/c1-24(2)20(21-9-6-14-26-21)15-23-22(25)18-12-10-17(11-13-18)16-27-19-7-4-3-5-8-19/h3-14,20H,15-16H2,1-2H3,(H,23,25)/t20-/m1/s1. The molecule has 0 fully saturated rings. The third-order valence-electron chi connectivity index (χ3n) is 4.32. The van der Waals surface area contributed by atoms with E-state index in [4.69, 9.17) is 9.15 Å². The summed E-state index contributed by atoms with van der Waals surface area (Å²) in [6.07, 6.45) is 1.64. The topological polar surface area (TPSA) is 54.7 Å². The number of nitrogens with one attached hydrogen (secondary N) is 1. The Kier molecular flexibility index (Phi) is 6.28. The lowest BCUT2D eigenvalue weighted by Crippen LogP contribution is -2.34. The minimum Gasteiger partial charge on any atom is -0.489 e. The number of rotatable bonds is 8. The molecule has 0 saturated carbocycles. The highest BCUT2D eigenvalue weighted by Crippen LogP contribution is 2.18. The first-order chi connectivity index (χ1) is 13.1. The third-order valence-corrected chi connectivity index (χ3v) is 4.32. The van der Waals surface area contributed by atoms with Crippen LogP contribution < -0.4 is 10.1 Å². The number of hydrogen-bond donors (Lipinski definition) is 1. The predicted octanol–water partition coefficient (Wildman–Crippen LogP) is 3.89. The molecule has 1 heterocycles. The molecule has 0 saturated heterocycles. The highest BCUT2D eigenvalue weighted by Gasteiger charge is 2.18. The molecule has 0 bridgehead atoms. The van der Waals surface area contributed by atoms with E-state index < -0.39 is 0 Å². The van der Waals surface area contributed by atoms with Crippen LogP contribution in [-0.4, -0.2) is 31.4 Å². The Hall–Kier alpha value is -3.05. The monoisotopic (exact) mass is 364 g/mol. The van der Waals surface area contributed by atoms with E-state index in [9.17, 15) is 4.79 Å². The summed E-state index contributed by atoms with van der Waals surface area (Å²) in [5.41, 5.74) is 1.63. The number of carbonyl (C=O) groups is 1. The molecule has 5 heteroatoms. The molecular weight excluding hydrogens is 340 g/mol. The Balaban J connectivity index is 1.54. The Morgan fingerprint density at radius 2 is 1.78 bits per heavy atom. The normalized spacial score (nSPS) is 12.0. The summed E-state index contributed by atoms with van der Waals surface area (Å²) < 4.78 is 11.2. The van der Waals surface area contributed by atoms with Gasteiger partial charge in [-0.3, -0.25) is 9.69 Å². The van der Waals surface area contributed by atoms with Crippen LogP contribution in [0.4, 0.5) is 0 Å². The maximum absolute atomic E-state index is 12.4. The fourth-order valence-corrected chi connectivity index (χ4v) is 2.75. The summed E-state index contributed by atoms with van der Waals surface area (Å²) in [4.78, 5) is 14.5. The first-order valence-electron chi connectivity index (χ1n) is 8.88. The number of hydrogen-bond acceptors (Lipinski definition) is 4. The zero-order valence-corrected chi connectivity index (χ0v) is 15.6. The molecule has 27 heavy (non-hydrogen) atoms. The summed E-state index contributed by atoms with van der Waals surface area (Å²) in [7, 11) is 3.92. The molecule has 3 rings (SSSR count). The van der Waals surface area contributed by atoms with Crippen molar-refractivity contribution in [3.8, 4) is 5.75 Å². The van der Waals surface area contributed by atoms with Gasteiger partial charge in [-0.05, 0) is 56.1 Å². The van der Waals surface area contributed by atoms with Gasteiger partial charge >= 0.3 is 0 Å². The second kappa shape index (κ2) is 9.05. The van der Waals surface area contributed by atoms with Gasteiger partial charge in [0.15, 0.2) is 0 Å². The first kappa shape index (κ1) is 18.7. The molecule has 5 nitrogen and oxygen atoms in total. The summed E-state index contributed by atoms with van der Waals surface area (Å²) in [6.45, 7) is 0.936. The molecule has 140 valence electrons. The van der Waals surface area contributed by atoms with E-state index in [1.807, 2.05) is 85.7 Å². The van der Waals surface area contributed by atoms with Crippen LogP contribution >= 0.6 is 0 Å². The molecule has 2 aromatic carbocycles. The minimum atomic E-state index is -0.107. The first-order valence-corrected chi connectivity index (χ1v) is 8.88. The van der Waals surface area contributed by atoms with Crippen molar-refractivity contribution in [1.29, 1.82) is 0 Å². The molecule has 0 spiro atoms. The lowest BCUT2D eigenvalue weighted by atomic mass is 10.1. The average molecular weight is 364 g/mol. The van der Waals surface area contributed by atoms with Crippen LogP contribution in [0.1, 0.15) is 27.7 Å². The van der Waals surface area contributed by atoms with Crippen molar-refractivity contribution in [2.75, 3.05) is 20.6 Å². The lowest BCUT2D eigenvalue weighted by molar-refractivity contribution is 0.0939. The van der Waals surface area contributed by atoms with Crippen molar-refractivity contribution in [3.63, 3.8) is 0 Å². The van der Waals surface area contributed by atoms with E-state index in [2.05, 4.69) is 5.32 Å². The van der Waals surface area contributed by atoms with Crippen molar-refractivity contribution in [1.82, 2.24) is 10.2 Å². The highest BCUT2D eigenvalue weighted by molar-refractivity contribution is 5.94. The molecule has 0 radical (unpaired) electrons. The number of ether oxygens (including phenoxy) is 1. The van der Waals surface area contributed by atoms with E-state index >= 15 is 0 Å². The minimum absolute atomic E-state index is 0.0116. The van der Waals surface area contributed by atoms with Crippen LogP contribution in [0.5, 0.6) is 5.75 Å². The van der Waals surface area contributed by atoms with Gasteiger partial charge in [-0.15, -0.1) is 0 Å². The van der Waals surface area contributed by atoms with Crippen LogP contribution in [0.3, 0.4) is 0 Å². The summed E-state index contributed by atoms with van der Waals surface area (Å²) in [5, 5.41) is 2.97. The lowest BCUT2D eigenvalue weighted by Gasteiger charge is -2.22. The second-order valence-electron chi connectivity index (χ2n) is 6.50. The number of furan rings is 1. The van der Waals surface area contributed by atoms with Crippen LogP contribution in [0.25, 0.3) is 0 Å². The number of para-hydroxylation sites is 1. The molecule has 0 aliphatic rings. The van der Waals surface area contributed by atoms with Crippen LogP contribution in [0.15, 0.2) is 77.4 Å². The Labute approximate surface area is 159 Å². The van der Waals surface area contributed by atoms with Gasteiger partial charge in [-0.25, -0.2) is 0 Å². The molecule has 1 atom stereocenters. The summed E-state index contributed by atoms with van der Waals surface area (Å²) >= 11 is 0.